The van der Waals surface area contributed by atoms with Crippen molar-refractivity contribution in [3.8, 4) is 5.75 Å². The van der Waals surface area contributed by atoms with Gasteiger partial charge >= 0.3 is 6.36 Å². The van der Waals surface area contributed by atoms with Gasteiger partial charge in [0, 0.05) is 23.1 Å². The summed E-state index contributed by atoms with van der Waals surface area (Å²) >= 11 is 1.60. The van der Waals surface area contributed by atoms with E-state index in [0.29, 0.717) is 13.0 Å². The minimum absolute atomic E-state index is 0.179. The number of hydrogen-bond acceptors (Lipinski definition) is 3. The van der Waals surface area contributed by atoms with Gasteiger partial charge in [-0.3, -0.25) is 4.79 Å². The van der Waals surface area contributed by atoms with Crippen LogP contribution in [0.15, 0.2) is 47.9 Å². The smallest absolute Gasteiger partial charge is 0.405 e. The molecule has 1 amide bonds. The van der Waals surface area contributed by atoms with Gasteiger partial charge in [0.05, 0.1) is 0 Å². The third kappa shape index (κ3) is 6.15. The lowest BCUT2D eigenvalue weighted by atomic mass is 10.2. The van der Waals surface area contributed by atoms with Gasteiger partial charge in [0.25, 0.3) is 0 Å². The average Bonchev–Trinajstić information content (AvgIpc) is 2.98. The van der Waals surface area contributed by atoms with E-state index < -0.39 is 6.36 Å². The fraction of sp³-hybridized carbons (Fsp3) is 0.188. The number of carbonyl (C=O) groups is 1. The van der Waals surface area contributed by atoms with Gasteiger partial charge in [0.2, 0.25) is 5.91 Å². The van der Waals surface area contributed by atoms with Crippen LogP contribution in [0.2, 0.25) is 0 Å². The maximum absolute atomic E-state index is 12.3. The molecule has 2 aromatic rings. The molecular weight excluding hydrogens is 327 g/mol. The van der Waals surface area contributed by atoms with Crippen molar-refractivity contribution in [2.75, 3.05) is 6.54 Å². The van der Waals surface area contributed by atoms with E-state index in [1.807, 2.05) is 17.5 Å². The Kier molecular flexibility index (Phi) is 5.81. The molecule has 1 aromatic carbocycles. The molecule has 0 fully saturated rings. The number of rotatable bonds is 6. The number of carbonyl (C=O) groups excluding carboxylic acids is 1. The van der Waals surface area contributed by atoms with Crippen LogP contribution >= 0.6 is 11.3 Å². The first-order chi connectivity index (χ1) is 10.9. The van der Waals surface area contributed by atoms with Crippen molar-refractivity contribution in [1.29, 1.82) is 0 Å². The minimum atomic E-state index is -4.77. The molecule has 1 aromatic heterocycles. The highest BCUT2D eigenvalue weighted by atomic mass is 32.1. The molecule has 0 aliphatic rings. The lowest BCUT2D eigenvalue weighted by Gasteiger charge is -2.10. The van der Waals surface area contributed by atoms with E-state index in [1.54, 1.807) is 17.4 Å². The molecule has 0 atom stereocenters. The van der Waals surface area contributed by atoms with Gasteiger partial charge in [-0.1, -0.05) is 24.3 Å². The summed E-state index contributed by atoms with van der Waals surface area (Å²) in [5.41, 5.74) is 0.179. The monoisotopic (exact) mass is 341 g/mol. The van der Waals surface area contributed by atoms with Crippen molar-refractivity contribution < 1.29 is 22.7 Å². The summed E-state index contributed by atoms with van der Waals surface area (Å²) in [4.78, 5) is 12.8. The molecule has 0 radical (unpaired) electrons. The zero-order chi connectivity index (χ0) is 16.7. The van der Waals surface area contributed by atoms with Crippen LogP contribution in [-0.2, 0) is 11.2 Å². The number of amides is 1. The van der Waals surface area contributed by atoms with Crippen LogP contribution in [0.3, 0.4) is 0 Å². The van der Waals surface area contributed by atoms with Crippen LogP contribution in [0.5, 0.6) is 5.75 Å². The van der Waals surface area contributed by atoms with E-state index in [2.05, 4.69) is 10.1 Å². The summed E-state index contributed by atoms with van der Waals surface area (Å²) in [6.07, 6.45) is -1.58. The molecule has 2 rings (SSSR count). The third-order valence-corrected chi connectivity index (χ3v) is 3.75. The normalized spacial score (nSPS) is 11.6. The average molecular weight is 341 g/mol. The molecule has 0 spiro atoms. The quantitative estimate of drug-likeness (QED) is 0.806. The molecule has 3 nitrogen and oxygen atoms in total. The summed E-state index contributed by atoms with van der Waals surface area (Å²) in [5, 5.41) is 4.63. The molecule has 0 aliphatic heterocycles. The number of alkyl halides is 3. The third-order valence-electron chi connectivity index (χ3n) is 2.81. The molecule has 1 heterocycles. The molecule has 0 bridgehead atoms. The van der Waals surface area contributed by atoms with E-state index in [4.69, 9.17) is 0 Å². The lowest BCUT2D eigenvalue weighted by Crippen LogP contribution is -2.23. The Morgan fingerprint density at radius 1 is 1.22 bits per heavy atom. The van der Waals surface area contributed by atoms with E-state index in [0.717, 1.165) is 4.88 Å². The zero-order valence-electron chi connectivity index (χ0n) is 12.0. The van der Waals surface area contributed by atoms with Crippen molar-refractivity contribution in [3.63, 3.8) is 0 Å². The summed E-state index contributed by atoms with van der Waals surface area (Å²) in [5.74, 6) is -0.717. The highest BCUT2D eigenvalue weighted by Crippen LogP contribution is 2.26. The topological polar surface area (TPSA) is 38.3 Å². The number of thiophene rings is 1. The molecule has 7 heteroatoms. The van der Waals surface area contributed by atoms with E-state index in [-0.39, 0.29) is 17.2 Å². The fourth-order valence-electron chi connectivity index (χ4n) is 1.82. The van der Waals surface area contributed by atoms with Crippen LogP contribution in [0.4, 0.5) is 13.2 Å². The standard InChI is InChI=1S/C16H14F3NO2S/c17-16(18,19)22-14-6-2-1-4-12(14)7-8-15(21)20-10-9-13-5-3-11-23-13/h1-8,11H,9-10H2,(H,20,21)/b8-7+. The van der Waals surface area contributed by atoms with Gasteiger partial charge in [-0.15, -0.1) is 24.5 Å². The Morgan fingerprint density at radius 2 is 2.00 bits per heavy atom. The summed E-state index contributed by atoms with van der Waals surface area (Å²) in [6.45, 7) is 0.463. The molecule has 0 saturated carbocycles. The molecule has 0 unspecified atom stereocenters. The predicted octanol–water partition coefficient (Wildman–Crippen LogP) is 4.02. The van der Waals surface area contributed by atoms with Gasteiger partial charge < -0.3 is 10.1 Å². The molecular formula is C16H14F3NO2S. The number of para-hydroxylation sites is 1. The van der Waals surface area contributed by atoms with Crippen LogP contribution in [0.1, 0.15) is 10.4 Å². The Morgan fingerprint density at radius 3 is 2.70 bits per heavy atom. The first-order valence-corrected chi connectivity index (χ1v) is 7.65. The van der Waals surface area contributed by atoms with Crippen LogP contribution in [0.25, 0.3) is 6.08 Å². The van der Waals surface area contributed by atoms with Crippen molar-refractivity contribution >= 4 is 23.3 Å². The minimum Gasteiger partial charge on any atom is -0.405 e. The second-order valence-electron chi connectivity index (χ2n) is 4.54. The number of hydrogen-bond donors (Lipinski definition) is 1. The van der Waals surface area contributed by atoms with Crippen molar-refractivity contribution in [3.05, 3.63) is 58.3 Å². The van der Waals surface area contributed by atoms with Gasteiger partial charge in [-0.2, -0.15) is 0 Å². The van der Waals surface area contributed by atoms with Gasteiger partial charge in [0.15, 0.2) is 0 Å². The van der Waals surface area contributed by atoms with Crippen LogP contribution in [-0.4, -0.2) is 18.8 Å². The van der Waals surface area contributed by atoms with Gasteiger partial charge in [0.1, 0.15) is 5.75 Å². The maximum Gasteiger partial charge on any atom is 0.573 e. The van der Waals surface area contributed by atoms with E-state index in [1.165, 1.54) is 30.4 Å². The summed E-state index contributed by atoms with van der Waals surface area (Å²) < 4.78 is 40.8. The second kappa shape index (κ2) is 7.82. The highest BCUT2D eigenvalue weighted by molar-refractivity contribution is 7.09. The van der Waals surface area contributed by atoms with Gasteiger partial charge in [-0.25, -0.2) is 0 Å². The maximum atomic E-state index is 12.3. The van der Waals surface area contributed by atoms with Crippen LogP contribution < -0.4 is 10.1 Å². The van der Waals surface area contributed by atoms with Crippen molar-refractivity contribution in [2.24, 2.45) is 0 Å². The predicted molar refractivity (Wildman–Crippen MR) is 83.2 cm³/mol. The summed E-state index contributed by atoms with van der Waals surface area (Å²) in [6, 6.07) is 9.53. The second-order valence-corrected chi connectivity index (χ2v) is 5.57. The highest BCUT2D eigenvalue weighted by Gasteiger charge is 2.31. The Labute approximate surface area is 135 Å². The first kappa shape index (κ1) is 17.1. The van der Waals surface area contributed by atoms with Gasteiger partial charge in [-0.05, 0) is 30.0 Å². The zero-order valence-corrected chi connectivity index (χ0v) is 12.8. The first-order valence-electron chi connectivity index (χ1n) is 6.77. The number of halogens is 3. The molecule has 0 aliphatic carbocycles. The van der Waals surface area contributed by atoms with E-state index in [9.17, 15) is 18.0 Å². The summed E-state index contributed by atoms with van der Waals surface area (Å²) in [7, 11) is 0. The van der Waals surface area contributed by atoms with Crippen LogP contribution in [0, 0.1) is 0 Å². The largest absolute Gasteiger partial charge is 0.573 e. The van der Waals surface area contributed by atoms with Crippen molar-refractivity contribution in [1.82, 2.24) is 5.32 Å². The molecule has 122 valence electrons. The molecule has 1 N–H and O–H groups in total. The fourth-order valence-corrected chi connectivity index (χ4v) is 2.53. The van der Waals surface area contributed by atoms with Crippen molar-refractivity contribution in [2.45, 2.75) is 12.8 Å². The molecule has 23 heavy (non-hydrogen) atoms. The Bertz CT molecular complexity index is 666. The number of benzene rings is 1. The number of nitrogens with one attached hydrogen (secondary N) is 1. The molecule has 0 saturated heterocycles. The Hall–Kier alpha value is -2.28. The number of ether oxygens (including phenoxy) is 1. The lowest BCUT2D eigenvalue weighted by molar-refractivity contribution is -0.274. The SMILES string of the molecule is O=C(/C=C/c1ccccc1OC(F)(F)F)NCCc1cccs1. The Balaban J connectivity index is 1.90. The van der Waals surface area contributed by atoms with E-state index >= 15 is 0 Å².